The highest BCUT2D eigenvalue weighted by molar-refractivity contribution is 7.92. The molecule has 0 aliphatic rings. The fourth-order valence-corrected chi connectivity index (χ4v) is 5.36. The highest BCUT2D eigenvalue weighted by Gasteiger charge is 2.20. The van der Waals surface area contributed by atoms with Crippen molar-refractivity contribution in [2.24, 2.45) is 0 Å². The van der Waals surface area contributed by atoms with Crippen LogP contribution in [0, 0.1) is 0 Å². The van der Waals surface area contributed by atoms with Gasteiger partial charge in [0.1, 0.15) is 16.4 Å². The van der Waals surface area contributed by atoms with E-state index >= 15 is 0 Å². The lowest BCUT2D eigenvalue weighted by Gasteiger charge is -2.09. The predicted molar refractivity (Wildman–Crippen MR) is 128 cm³/mol. The van der Waals surface area contributed by atoms with Crippen molar-refractivity contribution in [3.8, 4) is 5.82 Å². The van der Waals surface area contributed by atoms with E-state index in [0.717, 1.165) is 23.6 Å². The molecule has 0 aliphatic heterocycles. The zero-order valence-electron chi connectivity index (χ0n) is 17.1. The van der Waals surface area contributed by atoms with Crippen molar-refractivity contribution in [1.82, 2.24) is 19.3 Å². The molecule has 0 spiro atoms. The number of carbonyl (C=O) groups excluding carboxylic acids is 1. The number of amides is 2. The first-order valence-electron chi connectivity index (χ1n) is 9.57. The Morgan fingerprint density at radius 1 is 1.12 bits per heavy atom. The molecule has 10 nitrogen and oxygen atoms in total. The van der Waals surface area contributed by atoms with Gasteiger partial charge in [-0.2, -0.15) is 0 Å². The molecule has 4 aromatic rings. The first-order chi connectivity index (χ1) is 15.8. The van der Waals surface area contributed by atoms with E-state index in [1.165, 1.54) is 41.4 Å². The second-order valence-electron chi connectivity index (χ2n) is 6.71. The van der Waals surface area contributed by atoms with Crippen LogP contribution in [0.1, 0.15) is 6.92 Å². The summed E-state index contributed by atoms with van der Waals surface area (Å²) in [6.45, 7) is 2.72. The van der Waals surface area contributed by atoms with Crippen LogP contribution in [0.4, 0.5) is 16.2 Å². The highest BCUT2D eigenvalue weighted by atomic mass is 35.5. The number of hydrogen-bond acceptors (Lipinski definition) is 8. The molecule has 0 atom stereocenters. The van der Waals surface area contributed by atoms with Gasteiger partial charge in [0.2, 0.25) is 0 Å². The second-order valence-corrected chi connectivity index (χ2v) is 10.3. The van der Waals surface area contributed by atoms with Crippen LogP contribution >= 0.6 is 22.9 Å². The Hall–Kier alpha value is -3.48. The van der Waals surface area contributed by atoms with Gasteiger partial charge in [-0.3, -0.25) is 9.36 Å². The van der Waals surface area contributed by atoms with E-state index in [1.807, 2.05) is 11.6 Å². The number of aromatic nitrogens is 3. The minimum atomic E-state index is -4.05. The number of nitrogens with one attached hydrogen (secondary N) is 3. The summed E-state index contributed by atoms with van der Waals surface area (Å²) >= 11 is 6.58. The summed E-state index contributed by atoms with van der Waals surface area (Å²) in [5, 5.41) is 5.99. The maximum absolute atomic E-state index is 12.9. The molecular formula is C20H17ClN6O4S2. The summed E-state index contributed by atoms with van der Waals surface area (Å²) in [5.41, 5.74) is 1.35. The first-order valence-corrected chi connectivity index (χ1v) is 12.3. The van der Waals surface area contributed by atoms with E-state index in [9.17, 15) is 18.0 Å². The summed E-state index contributed by atoms with van der Waals surface area (Å²) in [5.74, 6) is 0.289. The fourth-order valence-electron chi connectivity index (χ4n) is 2.97. The van der Waals surface area contributed by atoms with Crippen molar-refractivity contribution < 1.29 is 13.2 Å². The maximum atomic E-state index is 12.9. The van der Waals surface area contributed by atoms with E-state index in [0.29, 0.717) is 10.9 Å². The molecule has 0 fully saturated rings. The van der Waals surface area contributed by atoms with Gasteiger partial charge < -0.3 is 10.6 Å². The van der Waals surface area contributed by atoms with Crippen molar-refractivity contribution in [2.75, 3.05) is 17.2 Å². The number of hydrogen-bond donors (Lipinski definition) is 3. The van der Waals surface area contributed by atoms with Gasteiger partial charge in [0.15, 0.2) is 0 Å². The molecular weight excluding hydrogens is 488 g/mol. The number of thiophene rings is 1. The lowest BCUT2D eigenvalue weighted by Crippen LogP contribution is -2.34. The standard InChI is InChI=1S/C20H17ClN6O4S2/c1-2-22-12-3-5-14-15(9-12)24-11-27(19(14)28)17-7-4-13(10-23-17)25-20(29)26-33(30,31)18-8-6-16(21)32-18/h3-11,22H,2H2,1H3,(H2,25,26,29). The number of urea groups is 1. The van der Waals surface area contributed by atoms with Crippen molar-refractivity contribution >= 4 is 61.3 Å². The van der Waals surface area contributed by atoms with Crippen molar-refractivity contribution in [1.29, 1.82) is 0 Å². The Bertz CT molecular complexity index is 1500. The summed E-state index contributed by atoms with van der Waals surface area (Å²) in [7, 11) is -4.05. The lowest BCUT2D eigenvalue weighted by molar-refractivity contribution is 0.256. The van der Waals surface area contributed by atoms with Crippen LogP contribution in [0.2, 0.25) is 4.34 Å². The number of anilines is 2. The number of halogens is 1. The molecule has 3 aromatic heterocycles. The van der Waals surface area contributed by atoms with Gasteiger partial charge in [-0.15, -0.1) is 11.3 Å². The molecule has 0 bridgehead atoms. The number of sulfonamides is 1. The van der Waals surface area contributed by atoms with Crippen LogP contribution in [0.3, 0.4) is 0 Å². The van der Waals surface area contributed by atoms with Gasteiger partial charge in [0.25, 0.3) is 15.6 Å². The summed E-state index contributed by atoms with van der Waals surface area (Å²) in [6.07, 6.45) is 2.68. The zero-order chi connectivity index (χ0) is 23.6. The van der Waals surface area contributed by atoms with E-state index in [4.69, 9.17) is 11.6 Å². The molecule has 4 rings (SSSR count). The van der Waals surface area contributed by atoms with Gasteiger partial charge in [0, 0.05) is 12.2 Å². The Labute approximate surface area is 197 Å². The minimum absolute atomic E-state index is 0.0862. The smallest absolute Gasteiger partial charge is 0.333 e. The molecule has 0 radical (unpaired) electrons. The Kier molecular flexibility index (Phi) is 6.31. The molecule has 0 saturated carbocycles. The fraction of sp³-hybridized carbons (Fsp3) is 0.100. The Morgan fingerprint density at radius 2 is 1.91 bits per heavy atom. The lowest BCUT2D eigenvalue weighted by atomic mass is 10.2. The largest absolute Gasteiger partial charge is 0.385 e. The molecule has 0 aliphatic carbocycles. The monoisotopic (exact) mass is 504 g/mol. The quantitative estimate of drug-likeness (QED) is 0.366. The minimum Gasteiger partial charge on any atom is -0.385 e. The molecule has 33 heavy (non-hydrogen) atoms. The molecule has 3 N–H and O–H groups in total. The van der Waals surface area contributed by atoms with Gasteiger partial charge in [0.05, 0.1) is 27.1 Å². The first kappa shape index (κ1) is 22.7. The Morgan fingerprint density at radius 3 is 2.58 bits per heavy atom. The third-order valence-electron chi connectivity index (χ3n) is 4.43. The molecule has 0 saturated heterocycles. The highest BCUT2D eigenvalue weighted by Crippen LogP contribution is 2.25. The van der Waals surface area contributed by atoms with Crippen LogP contribution < -0.4 is 20.9 Å². The van der Waals surface area contributed by atoms with Crippen LogP contribution in [0.15, 0.2) is 64.0 Å². The third kappa shape index (κ3) is 4.97. The van der Waals surface area contributed by atoms with Gasteiger partial charge in [-0.25, -0.2) is 27.9 Å². The normalized spacial score (nSPS) is 11.3. The van der Waals surface area contributed by atoms with Gasteiger partial charge in [-0.1, -0.05) is 11.6 Å². The number of rotatable bonds is 6. The van der Waals surface area contributed by atoms with Gasteiger partial charge in [-0.05, 0) is 49.4 Å². The second kappa shape index (κ2) is 9.17. The maximum Gasteiger partial charge on any atom is 0.333 e. The van der Waals surface area contributed by atoms with Crippen LogP contribution in [0.25, 0.3) is 16.7 Å². The van der Waals surface area contributed by atoms with E-state index in [1.54, 1.807) is 18.2 Å². The number of fused-ring (bicyclic) bond motifs is 1. The molecule has 1 aromatic carbocycles. The molecule has 0 unspecified atom stereocenters. The molecule has 3 heterocycles. The van der Waals surface area contributed by atoms with Crippen LogP contribution in [-0.2, 0) is 10.0 Å². The Balaban J connectivity index is 1.50. The number of benzene rings is 1. The van der Waals surface area contributed by atoms with E-state index < -0.39 is 16.1 Å². The topological polar surface area (TPSA) is 135 Å². The van der Waals surface area contributed by atoms with Crippen molar-refractivity contribution in [3.63, 3.8) is 0 Å². The van der Waals surface area contributed by atoms with Crippen molar-refractivity contribution in [2.45, 2.75) is 11.1 Å². The van der Waals surface area contributed by atoms with E-state index in [2.05, 4.69) is 20.6 Å². The summed E-state index contributed by atoms with van der Waals surface area (Å²) < 4.78 is 27.8. The SMILES string of the molecule is CCNc1ccc2c(=O)n(-c3ccc(NC(=O)NS(=O)(=O)c4ccc(Cl)s4)cn3)cnc2c1. The molecule has 170 valence electrons. The molecule has 2 amide bonds. The van der Waals surface area contributed by atoms with Crippen LogP contribution in [0.5, 0.6) is 0 Å². The average molecular weight is 505 g/mol. The molecule has 13 heteroatoms. The number of pyridine rings is 1. The average Bonchev–Trinajstić information content (AvgIpc) is 3.22. The van der Waals surface area contributed by atoms with Crippen LogP contribution in [-0.4, -0.2) is 35.5 Å². The third-order valence-corrected chi connectivity index (χ3v) is 7.49. The summed E-state index contributed by atoms with van der Waals surface area (Å²) in [6, 6.07) is 10.0. The zero-order valence-corrected chi connectivity index (χ0v) is 19.5. The van der Waals surface area contributed by atoms with Crippen molar-refractivity contribution in [3.05, 3.63) is 69.7 Å². The number of carbonyl (C=O) groups is 1. The van der Waals surface area contributed by atoms with Gasteiger partial charge >= 0.3 is 6.03 Å². The van der Waals surface area contributed by atoms with E-state index in [-0.39, 0.29) is 25.6 Å². The summed E-state index contributed by atoms with van der Waals surface area (Å²) in [4.78, 5) is 33.5. The predicted octanol–water partition coefficient (Wildman–Crippen LogP) is 3.44. The number of nitrogens with zero attached hydrogens (tertiary/aromatic N) is 3.